The number of nitrogens with zero attached hydrogens (tertiary/aromatic N) is 12. The number of carbonyl (C=O) groups excluding carboxylic acids is 15. The van der Waals surface area contributed by atoms with Crippen LogP contribution in [0.1, 0.15) is 382 Å². The molecule has 144 heavy (non-hydrogen) atoms. The third kappa shape index (κ3) is 46.9. The molecule has 0 aromatic heterocycles. The Hall–Kier alpha value is -11.2. The first-order chi connectivity index (χ1) is 66.1. The molecule has 4 rings (SSSR count). The van der Waals surface area contributed by atoms with Gasteiger partial charge in [-0.25, -0.2) is 19.2 Å². The van der Waals surface area contributed by atoms with Crippen LogP contribution in [0.15, 0.2) is 15.3 Å². The molecule has 3 aliphatic rings. The second-order valence-electron chi connectivity index (χ2n) is 47.3. The Bertz CT molecular complexity index is 4070. The van der Waals surface area contributed by atoms with Crippen LogP contribution in [0.5, 0.6) is 0 Å². The lowest BCUT2D eigenvalue weighted by molar-refractivity contribution is -0.158. The van der Waals surface area contributed by atoms with Crippen LogP contribution in [0, 0.1) is 11.8 Å². The molecule has 8 amide bonds. The van der Waals surface area contributed by atoms with Crippen molar-refractivity contribution in [1.82, 2.24) is 41.3 Å². The molecule has 3 fully saturated rings. The van der Waals surface area contributed by atoms with Crippen LogP contribution in [0.2, 0.25) is 0 Å². The molecule has 0 spiro atoms. The van der Waals surface area contributed by atoms with E-state index in [-0.39, 0.29) is 211 Å². The number of azide groups is 3. The third-order valence-corrected chi connectivity index (χ3v) is 24.0. The molecule has 0 saturated carbocycles. The van der Waals surface area contributed by atoms with Gasteiger partial charge in [-0.05, 0) is 339 Å². The number of carbonyl (C=O) groups is 15. The summed E-state index contributed by atoms with van der Waals surface area (Å²) in [6, 6.07) is -6.89. The number of amides is 8. The SMILES string of the molecule is CCc1c(CCC(=O)C[C@@H]2CN(C(=O)NC(CCC(=O)OC(C)(C)C)(CCC(=O)OC(C)(C)C)CCC(=O)OC(C)(C)C)C[C@H]2N=[N+]=[N-])c(CC)c(CNC(=O)N[C@@H]2CN(C(=O)NC(CCC(=O)OC(C)(C)C)(CCC(=O)OC(C)(C)C)CCC(=O)OC(C)(C)C)C[C@H]2N=[N+]=[N-])c(CC)c1CCC(=O)C[C@@H]1CN(C(=O)NC(CCC(=O)OC(C)(C)C)(CCC(=O)OC(C)(C)C)CCC(=O)OC(C)(C)C)C[C@H]1N=[N+]=[N-]. The van der Waals surface area contributed by atoms with Crippen LogP contribution in [-0.2, 0) is 134 Å². The molecule has 1 aromatic carbocycles. The summed E-state index contributed by atoms with van der Waals surface area (Å²) in [6.07, 6.45) is -2.54. The number of ether oxygens (including phenoxy) is 9. The minimum atomic E-state index is -1.47. The van der Waals surface area contributed by atoms with Gasteiger partial charge >= 0.3 is 77.8 Å². The van der Waals surface area contributed by atoms with Gasteiger partial charge in [0.15, 0.2) is 0 Å². The number of rotatable bonds is 49. The lowest BCUT2D eigenvalue weighted by atomic mass is 9.79. The minimum absolute atomic E-state index is 0.0976. The largest absolute Gasteiger partial charge is 0.460 e. The molecular weight excluding hydrogens is 1860 g/mol. The fourth-order valence-corrected chi connectivity index (χ4v) is 18.2. The maximum absolute atomic E-state index is 15.1. The van der Waals surface area contributed by atoms with Gasteiger partial charge in [-0.15, -0.1) is 0 Å². The van der Waals surface area contributed by atoms with Crippen LogP contribution < -0.4 is 26.6 Å². The van der Waals surface area contributed by atoms with E-state index in [1.165, 1.54) is 14.7 Å². The molecule has 3 heterocycles. The maximum atomic E-state index is 15.1. The molecule has 3 saturated heterocycles. The summed E-state index contributed by atoms with van der Waals surface area (Å²) >= 11 is 0. The monoisotopic (exact) mass is 2030 g/mol. The van der Waals surface area contributed by atoms with Gasteiger partial charge in [0.05, 0.1) is 24.2 Å². The Kier molecular flexibility index (Phi) is 46.7. The summed E-state index contributed by atoms with van der Waals surface area (Å²) in [5.41, 5.74) is 22.3. The number of benzene rings is 1. The van der Waals surface area contributed by atoms with E-state index in [0.717, 1.165) is 27.8 Å². The topological polar surface area (TPSA) is 555 Å². The van der Waals surface area contributed by atoms with Crippen LogP contribution in [-0.4, -0.2) is 235 Å². The van der Waals surface area contributed by atoms with Gasteiger partial charge in [-0.2, -0.15) is 0 Å². The molecule has 0 radical (unpaired) electrons. The van der Waals surface area contributed by atoms with E-state index in [2.05, 4.69) is 56.7 Å². The molecular formula is C103H169N17O24. The molecule has 5 N–H and O–H groups in total. The normalized spacial score (nSPS) is 17.1. The molecule has 41 heteroatoms. The smallest absolute Gasteiger partial charge is 0.317 e. The Morgan fingerprint density at radius 1 is 0.292 bits per heavy atom. The summed E-state index contributed by atoms with van der Waals surface area (Å²) in [7, 11) is 0. The molecule has 0 bridgehead atoms. The summed E-state index contributed by atoms with van der Waals surface area (Å²) < 4.78 is 51.2. The quantitative estimate of drug-likeness (QED) is 0.0133. The van der Waals surface area contributed by atoms with Gasteiger partial charge in [0.1, 0.15) is 62.0 Å². The van der Waals surface area contributed by atoms with E-state index in [9.17, 15) is 64.5 Å². The van der Waals surface area contributed by atoms with E-state index in [1.807, 2.05) is 20.8 Å². The zero-order chi connectivity index (χ0) is 110. The predicted octanol–water partition coefficient (Wildman–Crippen LogP) is 18.0. The van der Waals surface area contributed by atoms with E-state index >= 15 is 24.0 Å². The summed E-state index contributed by atoms with van der Waals surface area (Å²) in [6.45, 7) is 50.5. The second kappa shape index (κ2) is 53.8. The Morgan fingerprint density at radius 2 is 0.500 bits per heavy atom. The predicted molar refractivity (Wildman–Crippen MR) is 540 cm³/mol. The highest BCUT2D eigenvalue weighted by atomic mass is 16.6. The average Bonchev–Trinajstić information content (AvgIpc) is 0.772. The fourth-order valence-electron chi connectivity index (χ4n) is 18.2. The molecule has 0 unspecified atom stereocenters. The van der Waals surface area contributed by atoms with Crippen LogP contribution in [0.4, 0.5) is 19.2 Å². The van der Waals surface area contributed by atoms with Crippen LogP contribution in [0.3, 0.4) is 0 Å². The first-order valence-electron chi connectivity index (χ1n) is 50.7. The van der Waals surface area contributed by atoms with Crippen molar-refractivity contribution in [2.45, 2.75) is 479 Å². The Balaban J connectivity index is 1.89. The van der Waals surface area contributed by atoms with Crippen molar-refractivity contribution in [2.75, 3.05) is 39.3 Å². The second-order valence-corrected chi connectivity index (χ2v) is 47.3. The molecule has 6 atom stereocenters. The molecule has 3 aliphatic heterocycles. The van der Waals surface area contributed by atoms with Crippen molar-refractivity contribution in [1.29, 1.82) is 0 Å². The number of nitrogens with one attached hydrogen (secondary N) is 5. The zero-order valence-electron chi connectivity index (χ0n) is 91.7. The van der Waals surface area contributed by atoms with Crippen molar-refractivity contribution in [3.63, 3.8) is 0 Å². The molecule has 810 valence electrons. The highest BCUT2D eigenvalue weighted by Crippen LogP contribution is 2.39. The average molecular weight is 2030 g/mol. The number of likely N-dealkylation sites (tertiary alicyclic amines) is 3. The standard InChI is InChI=1S/C103H169N17O24/c1-31-69-72(36-34-67(121)56-65-59-118(61-75(65)112-115-104)89(133)109-101(47-38-79(123)136-92(4,5)6,48-39-80(124)137-93(7,8)9)49-40-81(125)138-94(10,11)12)70(32-2)74(58-107-88(132)108-77-63-120(64-78(77)114-117-106)91(135)111-103(53-44-85(129)142-98(22,23)24,54-45-86(130)143-99(25,26)27)55-46-87(131)144-100(28,29)30)71(33-3)73(69)37-35-68(122)57-66-60-119(62-76(66)113-116-105)90(134)110-102(50-41-82(126)139-95(13,14)15,51-42-83(127)140-96(16,17)18)52-43-84(128)141-97(19,20)21/h65-66,75-78H,31-64H2,1-30H3,(H,109,133)(H,110,134)(H,111,135)(H2,107,108,132)/t65-,66-,75-,76-,77-,78-/m1/s1. The fraction of sp³-hybridized carbons (Fsp3) is 0.796. The number of esters is 9. The zero-order valence-corrected chi connectivity index (χ0v) is 91.7. The van der Waals surface area contributed by atoms with E-state index < -0.39 is 181 Å². The number of urea groups is 4. The Morgan fingerprint density at radius 3 is 0.715 bits per heavy atom. The van der Waals surface area contributed by atoms with Gasteiger partial charge in [-0.1, -0.05) is 36.1 Å². The minimum Gasteiger partial charge on any atom is -0.460 e. The first kappa shape index (κ1) is 125. The molecule has 1 aromatic rings. The number of ketones is 2. The van der Waals surface area contributed by atoms with E-state index in [0.29, 0.717) is 24.8 Å². The number of Topliss-reactive ketones (excluding diaryl/α,β-unsaturated/α-hetero) is 2. The van der Waals surface area contributed by atoms with Crippen molar-refractivity contribution in [3.8, 4) is 0 Å². The maximum Gasteiger partial charge on any atom is 0.317 e. The molecule has 0 aliphatic carbocycles. The Labute approximate surface area is 851 Å². The summed E-state index contributed by atoms with van der Waals surface area (Å²) in [5, 5.41) is 27.4. The van der Waals surface area contributed by atoms with Crippen molar-refractivity contribution < 1.29 is 115 Å². The summed E-state index contributed by atoms with van der Waals surface area (Å²) in [5.74, 6) is -7.57. The van der Waals surface area contributed by atoms with Gasteiger partial charge in [0, 0.05) is 161 Å². The van der Waals surface area contributed by atoms with E-state index in [1.54, 1.807) is 187 Å². The highest BCUT2D eigenvalue weighted by molar-refractivity contribution is 5.83. The van der Waals surface area contributed by atoms with Gasteiger partial charge in [0.25, 0.3) is 0 Å². The number of hydrogen-bond acceptors (Lipinski definition) is 27. The highest BCUT2D eigenvalue weighted by Gasteiger charge is 2.47. The molecule has 41 nitrogen and oxygen atoms in total. The first-order valence-corrected chi connectivity index (χ1v) is 50.7. The van der Waals surface area contributed by atoms with Gasteiger partial charge in [-0.3, -0.25) is 52.7 Å². The van der Waals surface area contributed by atoms with Gasteiger partial charge in [0.2, 0.25) is 0 Å². The number of hydrogen-bond donors (Lipinski definition) is 5. The van der Waals surface area contributed by atoms with Gasteiger partial charge < -0.3 is 83.9 Å². The van der Waals surface area contributed by atoms with E-state index in [4.69, 9.17) is 42.6 Å². The lowest BCUT2D eigenvalue weighted by Gasteiger charge is -2.37. The summed E-state index contributed by atoms with van der Waals surface area (Å²) in [4.78, 5) is 226. The lowest BCUT2D eigenvalue weighted by Crippen LogP contribution is -2.54. The van der Waals surface area contributed by atoms with Crippen LogP contribution >= 0.6 is 0 Å². The van der Waals surface area contributed by atoms with Crippen molar-refractivity contribution in [2.24, 2.45) is 27.2 Å². The van der Waals surface area contributed by atoms with Crippen molar-refractivity contribution in [3.05, 3.63) is 64.7 Å². The third-order valence-electron chi connectivity index (χ3n) is 24.0. The van der Waals surface area contributed by atoms with Crippen LogP contribution in [0.25, 0.3) is 31.3 Å². The van der Waals surface area contributed by atoms with Crippen molar-refractivity contribution >= 4 is 89.4 Å².